The van der Waals surface area contributed by atoms with E-state index < -0.39 is 10.0 Å². The Morgan fingerprint density at radius 1 is 1.07 bits per heavy atom. The number of benzene rings is 2. The zero-order valence-electron chi connectivity index (χ0n) is 16.4. The predicted octanol–water partition coefficient (Wildman–Crippen LogP) is 4.86. The summed E-state index contributed by atoms with van der Waals surface area (Å²) in [6, 6.07) is 13.1. The third-order valence-corrected chi connectivity index (χ3v) is 8.87. The van der Waals surface area contributed by atoms with Crippen molar-refractivity contribution in [3.63, 3.8) is 0 Å². The van der Waals surface area contributed by atoms with Crippen molar-refractivity contribution in [3.8, 4) is 0 Å². The third-order valence-electron chi connectivity index (χ3n) is 5.05. The molecule has 0 spiro atoms. The molecule has 2 heterocycles. The lowest BCUT2D eigenvalue weighted by atomic mass is 10.1. The normalized spacial score (nSPS) is 15.5. The lowest BCUT2D eigenvalue weighted by Gasteiger charge is -2.34. The van der Waals surface area contributed by atoms with Gasteiger partial charge >= 0.3 is 0 Å². The SMILES string of the molecule is Cc1cccc(Cc2csc(N3CCN(S(=O)(=O)c4cccc(Cl)c4Cl)CC3)n2)c1. The number of hydrogen-bond acceptors (Lipinski definition) is 5. The van der Waals surface area contributed by atoms with Crippen molar-refractivity contribution in [3.05, 3.63) is 74.7 Å². The van der Waals surface area contributed by atoms with Gasteiger partial charge in [-0.05, 0) is 24.6 Å². The lowest BCUT2D eigenvalue weighted by Crippen LogP contribution is -2.48. The Labute approximate surface area is 190 Å². The Kier molecular flexibility index (Phi) is 6.36. The summed E-state index contributed by atoms with van der Waals surface area (Å²) in [6.45, 7) is 3.99. The van der Waals surface area contributed by atoms with E-state index in [9.17, 15) is 8.42 Å². The maximum Gasteiger partial charge on any atom is 0.244 e. The summed E-state index contributed by atoms with van der Waals surface area (Å²) in [6.07, 6.45) is 0.791. The van der Waals surface area contributed by atoms with Crippen LogP contribution in [0.15, 0.2) is 52.7 Å². The van der Waals surface area contributed by atoms with E-state index in [-0.39, 0.29) is 14.9 Å². The molecule has 0 amide bonds. The number of piperazine rings is 1. The van der Waals surface area contributed by atoms with Crippen LogP contribution < -0.4 is 4.90 Å². The third kappa shape index (κ3) is 4.50. The Morgan fingerprint density at radius 3 is 2.53 bits per heavy atom. The highest BCUT2D eigenvalue weighted by atomic mass is 35.5. The first-order valence-corrected chi connectivity index (χ1v) is 12.6. The van der Waals surface area contributed by atoms with E-state index in [0.29, 0.717) is 26.2 Å². The van der Waals surface area contributed by atoms with Crippen molar-refractivity contribution in [2.24, 2.45) is 0 Å². The average molecular weight is 482 g/mol. The molecule has 0 atom stereocenters. The number of sulfonamides is 1. The maximum atomic E-state index is 13.0. The quantitative estimate of drug-likeness (QED) is 0.521. The molecule has 0 radical (unpaired) electrons. The molecule has 4 rings (SSSR count). The van der Waals surface area contributed by atoms with E-state index in [1.54, 1.807) is 23.5 Å². The molecule has 3 aromatic rings. The van der Waals surface area contributed by atoms with Gasteiger partial charge in [0.15, 0.2) is 5.13 Å². The topological polar surface area (TPSA) is 53.5 Å². The van der Waals surface area contributed by atoms with Crippen LogP contribution in [-0.4, -0.2) is 43.9 Å². The van der Waals surface area contributed by atoms with Crippen LogP contribution in [0.4, 0.5) is 5.13 Å². The molecule has 1 saturated heterocycles. The van der Waals surface area contributed by atoms with Gasteiger partial charge in [-0.25, -0.2) is 13.4 Å². The highest BCUT2D eigenvalue weighted by molar-refractivity contribution is 7.89. The van der Waals surface area contributed by atoms with Crippen LogP contribution in [0.3, 0.4) is 0 Å². The molecule has 9 heteroatoms. The number of halogens is 2. The molecule has 2 aromatic carbocycles. The van der Waals surface area contributed by atoms with Crippen LogP contribution >= 0.6 is 34.5 Å². The van der Waals surface area contributed by atoms with E-state index in [1.807, 2.05) is 0 Å². The molecule has 1 aliphatic heterocycles. The summed E-state index contributed by atoms with van der Waals surface area (Å²) in [5.74, 6) is 0. The largest absolute Gasteiger partial charge is 0.345 e. The number of aromatic nitrogens is 1. The number of rotatable bonds is 5. The van der Waals surface area contributed by atoms with Crippen molar-refractivity contribution in [1.29, 1.82) is 0 Å². The number of aryl methyl sites for hydroxylation is 1. The molecule has 1 aromatic heterocycles. The molecule has 0 aliphatic carbocycles. The molecular weight excluding hydrogens is 461 g/mol. The van der Waals surface area contributed by atoms with Crippen LogP contribution in [0, 0.1) is 6.92 Å². The zero-order chi connectivity index (χ0) is 21.3. The Morgan fingerprint density at radius 2 is 1.80 bits per heavy atom. The van der Waals surface area contributed by atoms with Crippen molar-refractivity contribution in [2.45, 2.75) is 18.2 Å². The van der Waals surface area contributed by atoms with Gasteiger partial charge in [-0.2, -0.15) is 4.31 Å². The Bertz CT molecular complexity index is 1160. The van der Waals surface area contributed by atoms with E-state index in [0.717, 1.165) is 17.2 Å². The Hall–Kier alpha value is -1.64. The second kappa shape index (κ2) is 8.85. The van der Waals surface area contributed by atoms with Crippen LogP contribution in [0.25, 0.3) is 0 Å². The van der Waals surface area contributed by atoms with Gasteiger partial charge in [0.25, 0.3) is 0 Å². The Balaban J connectivity index is 1.42. The fourth-order valence-corrected chi connectivity index (χ4v) is 6.53. The highest BCUT2D eigenvalue weighted by Crippen LogP contribution is 2.32. The minimum absolute atomic E-state index is 0.0554. The molecule has 0 N–H and O–H groups in total. The summed E-state index contributed by atoms with van der Waals surface area (Å²) in [7, 11) is -3.69. The van der Waals surface area contributed by atoms with Crippen LogP contribution in [-0.2, 0) is 16.4 Å². The van der Waals surface area contributed by atoms with Crippen molar-refractivity contribution in [1.82, 2.24) is 9.29 Å². The van der Waals surface area contributed by atoms with Crippen LogP contribution in [0.1, 0.15) is 16.8 Å². The summed E-state index contributed by atoms with van der Waals surface area (Å²) >= 11 is 13.7. The van der Waals surface area contributed by atoms with Crippen LogP contribution in [0.5, 0.6) is 0 Å². The van der Waals surface area contributed by atoms with Crippen LogP contribution in [0.2, 0.25) is 10.0 Å². The van der Waals surface area contributed by atoms with E-state index in [4.69, 9.17) is 28.2 Å². The zero-order valence-corrected chi connectivity index (χ0v) is 19.5. The number of hydrogen-bond donors (Lipinski definition) is 0. The van der Waals surface area contributed by atoms with E-state index in [1.165, 1.54) is 21.5 Å². The van der Waals surface area contributed by atoms with E-state index >= 15 is 0 Å². The second-order valence-electron chi connectivity index (χ2n) is 7.23. The second-order valence-corrected chi connectivity index (χ2v) is 10.8. The van der Waals surface area contributed by atoms with Crippen molar-refractivity contribution >= 4 is 49.7 Å². The van der Waals surface area contributed by atoms with Gasteiger partial charge in [-0.15, -0.1) is 11.3 Å². The highest BCUT2D eigenvalue weighted by Gasteiger charge is 2.31. The fraction of sp³-hybridized carbons (Fsp3) is 0.286. The monoisotopic (exact) mass is 481 g/mol. The summed E-state index contributed by atoms with van der Waals surface area (Å²) in [5.41, 5.74) is 3.50. The molecule has 1 fully saturated rings. The predicted molar refractivity (Wildman–Crippen MR) is 124 cm³/mol. The lowest BCUT2D eigenvalue weighted by molar-refractivity contribution is 0.384. The van der Waals surface area contributed by atoms with Gasteiger partial charge in [-0.1, -0.05) is 59.1 Å². The van der Waals surface area contributed by atoms with Gasteiger partial charge in [-0.3, -0.25) is 0 Å². The molecule has 5 nitrogen and oxygen atoms in total. The minimum atomic E-state index is -3.69. The number of thiazole rings is 1. The van der Waals surface area contributed by atoms with Gasteiger partial charge in [0.05, 0.1) is 15.7 Å². The van der Waals surface area contributed by atoms with Gasteiger partial charge in [0.1, 0.15) is 4.90 Å². The number of anilines is 1. The first-order chi connectivity index (χ1) is 14.3. The molecule has 0 unspecified atom stereocenters. The summed E-state index contributed by atoms with van der Waals surface area (Å²) in [5, 5.41) is 3.31. The van der Waals surface area contributed by atoms with Gasteiger partial charge in [0, 0.05) is 38.0 Å². The molecule has 0 saturated carbocycles. The van der Waals surface area contributed by atoms with Crippen molar-refractivity contribution < 1.29 is 8.42 Å². The molecule has 30 heavy (non-hydrogen) atoms. The summed E-state index contributed by atoms with van der Waals surface area (Å²) < 4.78 is 27.4. The molecule has 0 bridgehead atoms. The molecular formula is C21H21Cl2N3O2S2. The number of nitrogens with zero attached hydrogens (tertiary/aromatic N) is 3. The minimum Gasteiger partial charge on any atom is -0.345 e. The average Bonchev–Trinajstić information content (AvgIpc) is 3.18. The summed E-state index contributed by atoms with van der Waals surface area (Å²) in [4.78, 5) is 6.96. The molecule has 158 valence electrons. The molecule has 1 aliphatic rings. The standard InChI is InChI=1S/C21H21Cl2N3O2S2/c1-15-4-2-5-16(12-15)13-17-14-29-21(24-17)25-8-10-26(11-9-25)30(27,28)19-7-3-6-18(22)20(19)23/h2-7,12,14H,8-11,13H2,1H3. The van der Waals surface area contributed by atoms with Crippen molar-refractivity contribution in [2.75, 3.05) is 31.1 Å². The van der Waals surface area contributed by atoms with E-state index in [2.05, 4.69) is 41.5 Å². The smallest absolute Gasteiger partial charge is 0.244 e. The first kappa shape index (κ1) is 21.6. The maximum absolute atomic E-state index is 13.0. The first-order valence-electron chi connectivity index (χ1n) is 9.53. The van der Waals surface area contributed by atoms with Gasteiger partial charge < -0.3 is 4.90 Å². The fourth-order valence-electron chi connectivity index (χ4n) is 3.50. The van der Waals surface area contributed by atoms with Gasteiger partial charge in [0.2, 0.25) is 10.0 Å².